The van der Waals surface area contributed by atoms with E-state index in [0.717, 1.165) is 12.4 Å². The van der Waals surface area contributed by atoms with E-state index in [9.17, 15) is 0 Å². The highest BCUT2D eigenvalue weighted by Crippen LogP contribution is 2.11. The monoisotopic (exact) mass is 229 g/mol. The van der Waals surface area contributed by atoms with Crippen molar-refractivity contribution in [2.45, 2.75) is 13.2 Å². The van der Waals surface area contributed by atoms with Gasteiger partial charge in [0.1, 0.15) is 12.1 Å². The minimum absolute atomic E-state index is 0.627. The van der Waals surface area contributed by atoms with Gasteiger partial charge in [-0.2, -0.15) is 0 Å². The second-order valence-corrected chi connectivity index (χ2v) is 3.65. The minimum atomic E-state index is 0.627. The first-order valence-corrected chi connectivity index (χ1v) is 5.46. The maximum Gasteiger partial charge on any atom is 0.129 e. The topological polar surface area (TPSA) is 47.0 Å². The lowest BCUT2D eigenvalue weighted by molar-refractivity contribution is 0.184. The molecule has 4 heteroatoms. The van der Waals surface area contributed by atoms with Gasteiger partial charge in [0.05, 0.1) is 6.61 Å². The minimum Gasteiger partial charge on any atom is -0.380 e. The molecule has 88 valence electrons. The molecule has 0 fully saturated rings. The van der Waals surface area contributed by atoms with Gasteiger partial charge in [0, 0.05) is 19.9 Å². The van der Waals surface area contributed by atoms with Crippen molar-refractivity contribution in [2.75, 3.05) is 12.4 Å². The summed E-state index contributed by atoms with van der Waals surface area (Å²) in [5.41, 5.74) is 2.41. The largest absolute Gasteiger partial charge is 0.380 e. The molecule has 1 heterocycles. The third-order valence-electron chi connectivity index (χ3n) is 2.46. The second-order valence-electron chi connectivity index (χ2n) is 3.65. The van der Waals surface area contributed by atoms with Gasteiger partial charge in [0.25, 0.3) is 0 Å². The Bertz CT molecular complexity index is 459. The summed E-state index contributed by atoms with van der Waals surface area (Å²) in [7, 11) is 1.70. The average molecular weight is 229 g/mol. The van der Waals surface area contributed by atoms with Crippen molar-refractivity contribution in [1.29, 1.82) is 0 Å². The first-order chi connectivity index (χ1) is 8.40. The van der Waals surface area contributed by atoms with Crippen molar-refractivity contribution in [3.05, 3.63) is 54.0 Å². The fraction of sp³-hybridized carbons (Fsp3) is 0.231. The van der Waals surface area contributed by atoms with E-state index in [1.807, 2.05) is 18.2 Å². The standard InChI is InChI=1S/C13H15N3O/c1-17-9-12-5-3-2-4-11(12)8-15-13-6-7-14-10-16-13/h2-7,10H,8-9H2,1H3,(H,14,15,16). The lowest BCUT2D eigenvalue weighted by Crippen LogP contribution is -2.04. The molecular weight excluding hydrogens is 214 g/mol. The molecule has 0 saturated carbocycles. The summed E-state index contributed by atoms with van der Waals surface area (Å²) in [4.78, 5) is 7.99. The van der Waals surface area contributed by atoms with Crippen molar-refractivity contribution >= 4 is 5.82 Å². The van der Waals surface area contributed by atoms with Crippen LogP contribution in [0.25, 0.3) is 0 Å². The summed E-state index contributed by atoms with van der Waals surface area (Å²) < 4.78 is 5.17. The van der Waals surface area contributed by atoms with Crippen LogP contribution >= 0.6 is 0 Å². The van der Waals surface area contributed by atoms with E-state index in [1.54, 1.807) is 13.3 Å². The lowest BCUT2D eigenvalue weighted by Gasteiger charge is -2.10. The number of rotatable bonds is 5. The molecular formula is C13H15N3O. The second kappa shape index (κ2) is 5.96. The van der Waals surface area contributed by atoms with Gasteiger partial charge in [-0.05, 0) is 17.2 Å². The highest BCUT2D eigenvalue weighted by Gasteiger charge is 2.01. The van der Waals surface area contributed by atoms with Crippen LogP contribution in [0.3, 0.4) is 0 Å². The van der Waals surface area contributed by atoms with Crippen LogP contribution in [0.15, 0.2) is 42.9 Å². The Morgan fingerprint density at radius 2 is 2.00 bits per heavy atom. The van der Waals surface area contributed by atoms with Gasteiger partial charge >= 0.3 is 0 Å². The van der Waals surface area contributed by atoms with E-state index >= 15 is 0 Å². The molecule has 2 aromatic rings. The van der Waals surface area contributed by atoms with Crippen LogP contribution in [0.5, 0.6) is 0 Å². The molecule has 0 aliphatic heterocycles. The molecule has 0 amide bonds. The Labute approximate surface area is 101 Å². The number of hydrogen-bond donors (Lipinski definition) is 1. The number of aromatic nitrogens is 2. The van der Waals surface area contributed by atoms with Crippen molar-refractivity contribution < 1.29 is 4.74 Å². The zero-order chi connectivity index (χ0) is 11.9. The Morgan fingerprint density at radius 3 is 2.71 bits per heavy atom. The van der Waals surface area contributed by atoms with E-state index in [4.69, 9.17) is 4.74 Å². The zero-order valence-electron chi connectivity index (χ0n) is 9.76. The maximum absolute atomic E-state index is 5.17. The van der Waals surface area contributed by atoms with Gasteiger partial charge in [0.15, 0.2) is 0 Å². The molecule has 2 rings (SSSR count). The van der Waals surface area contributed by atoms with E-state index in [-0.39, 0.29) is 0 Å². The number of benzene rings is 1. The smallest absolute Gasteiger partial charge is 0.129 e. The molecule has 0 aliphatic carbocycles. The Morgan fingerprint density at radius 1 is 1.18 bits per heavy atom. The molecule has 0 unspecified atom stereocenters. The molecule has 0 bridgehead atoms. The first-order valence-electron chi connectivity index (χ1n) is 5.46. The van der Waals surface area contributed by atoms with Crippen molar-refractivity contribution in [3.8, 4) is 0 Å². The van der Waals surface area contributed by atoms with Crippen LogP contribution in [0.1, 0.15) is 11.1 Å². The molecule has 17 heavy (non-hydrogen) atoms. The van der Waals surface area contributed by atoms with E-state index in [2.05, 4.69) is 27.4 Å². The predicted molar refractivity (Wildman–Crippen MR) is 66.5 cm³/mol. The summed E-state index contributed by atoms with van der Waals surface area (Å²) in [6, 6.07) is 10.0. The molecule has 1 N–H and O–H groups in total. The van der Waals surface area contributed by atoms with Gasteiger partial charge in [-0.25, -0.2) is 9.97 Å². The highest BCUT2D eigenvalue weighted by atomic mass is 16.5. The average Bonchev–Trinajstić information content (AvgIpc) is 2.39. The number of nitrogens with one attached hydrogen (secondary N) is 1. The maximum atomic E-state index is 5.17. The molecule has 1 aromatic carbocycles. The van der Waals surface area contributed by atoms with Gasteiger partial charge in [-0.3, -0.25) is 0 Å². The summed E-state index contributed by atoms with van der Waals surface area (Å²) in [5.74, 6) is 0.826. The van der Waals surface area contributed by atoms with E-state index in [1.165, 1.54) is 17.5 Å². The first kappa shape index (κ1) is 11.5. The Balaban J connectivity index is 2.03. The fourth-order valence-corrected chi connectivity index (χ4v) is 1.61. The van der Waals surface area contributed by atoms with E-state index in [0.29, 0.717) is 6.61 Å². The lowest BCUT2D eigenvalue weighted by atomic mass is 10.1. The quantitative estimate of drug-likeness (QED) is 0.854. The van der Waals surface area contributed by atoms with Crippen LogP contribution in [0, 0.1) is 0 Å². The predicted octanol–water partition coefficient (Wildman–Crippen LogP) is 2.24. The SMILES string of the molecule is COCc1ccccc1CNc1ccncn1. The van der Waals surface area contributed by atoms with Crippen LogP contribution in [0.4, 0.5) is 5.82 Å². The van der Waals surface area contributed by atoms with Crippen molar-refractivity contribution in [2.24, 2.45) is 0 Å². The number of ether oxygens (including phenoxy) is 1. The summed E-state index contributed by atoms with van der Waals surface area (Å²) >= 11 is 0. The van der Waals surface area contributed by atoms with Crippen molar-refractivity contribution in [3.63, 3.8) is 0 Å². The van der Waals surface area contributed by atoms with Gasteiger partial charge in [-0.1, -0.05) is 24.3 Å². The summed E-state index contributed by atoms with van der Waals surface area (Å²) in [6.45, 7) is 1.36. The van der Waals surface area contributed by atoms with Crippen LogP contribution in [-0.4, -0.2) is 17.1 Å². The number of nitrogens with zero attached hydrogens (tertiary/aromatic N) is 2. The number of anilines is 1. The molecule has 4 nitrogen and oxygen atoms in total. The van der Waals surface area contributed by atoms with Gasteiger partial charge < -0.3 is 10.1 Å². The molecule has 0 spiro atoms. The molecule has 0 saturated heterocycles. The van der Waals surface area contributed by atoms with Gasteiger partial charge in [-0.15, -0.1) is 0 Å². The zero-order valence-corrected chi connectivity index (χ0v) is 9.76. The van der Waals surface area contributed by atoms with Crippen molar-refractivity contribution in [1.82, 2.24) is 9.97 Å². The third kappa shape index (κ3) is 3.26. The Kier molecular flexibility index (Phi) is 4.05. The molecule has 0 aliphatic rings. The molecule has 0 radical (unpaired) electrons. The third-order valence-corrected chi connectivity index (χ3v) is 2.46. The van der Waals surface area contributed by atoms with E-state index < -0.39 is 0 Å². The van der Waals surface area contributed by atoms with Crippen LogP contribution in [0.2, 0.25) is 0 Å². The molecule has 0 atom stereocenters. The fourth-order valence-electron chi connectivity index (χ4n) is 1.61. The molecule has 1 aromatic heterocycles. The highest BCUT2D eigenvalue weighted by molar-refractivity contribution is 5.35. The van der Waals surface area contributed by atoms with Crippen LogP contribution < -0.4 is 5.32 Å². The normalized spacial score (nSPS) is 10.2. The Hall–Kier alpha value is -1.94. The number of hydrogen-bond acceptors (Lipinski definition) is 4. The summed E-state index contributed by atoms with van der Waals surface area (Å²) in [5, 5.41) is 3.25. The van der Waals surface area contributed by atoms with Crippen LogP contribution in [-0.2, 0) is 17.9 Å². The van der Waals surface area contributed by atoms with Gasteiger partial charge in [0.2, 0.25) is 0 Å². The summed E-state index contributed by atoms with van der Waals surface area (Å²) in [6.07, 6.45) is 3.25. The number of methoxy groups -OCH3 is 1.